The predicted octanol–water partition coefficient (Wildman–Crippen LogP) is 1.65. The molecule has 0 unspecified atom stereocenters. The second kappa shape index (κ2) is 6.45. The molecular weight excluding hydrogens is 209 g/mol. The van der Waals surface area contributed by atoms with Crippen LogP contribution in [0.15, 0.2) is 18.2 Å². The number of nitrogens with zero attached hydrogens (tertiary/aromatic N) is 1. The minimum Gasteiger partial charge on any atom is -0.496 e. The molecule has 3 nitrogen and oxygen atoms in total. The highest BCUT2D eigenvalue weighted by atomic mass is 19.1. The Balaban J connectivity index is 2.67. The summed E-state index contributed by atoms with van der Waals surface area (Å²) in [5.74, 6) is 0.434. The first-order chi connectivity index (χ1) is 7.67. The van der Waals surface area contributed by atoms with E-state index in [2.05, 4.69) is 0 Å². The van der Waals surface area contributed by atoms with Crippen LogP contribution < -0.4 is 4.74 Å². The first kappa shape index (κ1) is 12.9. The van der Waals surface area contributed by atoms with Gasteiger partial charge in [-0.3, -0.25) is 0 Å². The van der Waals surface area contributed by atoms with Crippen LogP contribution in [-0.4, -0.2) is 37.3 Å². The Morgan fingerprint density at radius 2 is 2.19 bits per heavy atom. The molecule has 0 aromatic heterocycles. The van der Waals surface area contributed by atoms with Gasteiger partial charge in [0.2, 0.25) is 0 Å². The number of methoxy groups -OCH3 is 1. The fraction of sp³-hybridized carbons (Fsp3) is 0.500. The van der Waals surface area contributed by atoms with Crippen LogP contribution in [0.3, 0.4) is 0 Å². The smallest absolute Gasteiger partial charge is 0.123 e. The van der Waals surface area contributed by atoms with Crippen LogP contribution >= 0.6 is 0 Å². The van der Waals surface area contributed by atoms with E-state index >= 15 is 0 Å². The lowest BCUT2D eigenvalue weighted by molar-refractivity contribution is 0.242. The summed E-state index contributed by atoms with van der Waals surface area (Å²) < 4.78 is 18.2. The molecule has 0 amide bonds. The van der Waals surface area contributed by atoms with Gasteiger partial charge in [-0.2, -0.15) is 0 Å². The molecule has 0 spiro atoms. The van der Waals surface area contributed by atoms with Gasteiger partial charge in [-0.15, -0.1) is 0 Å². The van der Waals surface area contributed by atoms with E-state index in [0.717, 1.165) is 12.1 Å². The third kappa shape index (κ3) is 3.79. The van der Waals surface area contributed by atoms with E-state index in [1.807, 2.05) is 11.9 Å². The summed E-state index contributed by atoms with van der Waals surface area (Å²) in [6, 6.07) is 4.49. The van der Waals surface area contributed by atoms with Crippen LogP contribution in [0.25, 0.3) is 0 Å². The first-order valence-electron chi connectivity index (χ1n) is 5.29. The number of halogens is 1. The average Bonchev–Trinajstić information content (AvgIpc) is 2.27. The van der Waals surface area contributed by atoms with E-state index in [1.54, 1.807) is 13.2 Å². The largest absolute Gasteiger partial charge is 0.496 e. The molecule has 1 aromatic carbocycles. The molecule has 0 heterocycles. The number of hydrogen-bond acceptors (Lipinski definition) is 3. The number of ether oxygens (including phenoxy) is 1. The summed E-state index contributed by atoms with van der Waals surface area (Å²) in [6.45, 7) is 1.56. The van der Waals surface area contributed by atoms with Gasteiger partial charge in [0, 0.05) is 25.3 Å². The maximum Gasteiger partial charge on any atom is 0.123 e. The zero-order valence-corrected chi connectivity index (χ0v) is 9.74. The van der Waals surface area contributed by atoms with Crippen LogP contribution in [0.2, 0.25) is 0 Å². The zero-order valence-electron chi connectivity index (χ0n) is 9.74. The predicted molar refractivity (Wildman–Crippen MR) is 61.0 cm³/mol. The quantitative estimate of drug-likeness (QED) is 0.802. The number of aliphatic hydroxyl groups excluding tert-OH is 1. The monoisotopic (exact) mass is 227 g/mol. The van der Waals surface area contributed by atoms with Crippen molar-refractivity contribution in [2.75, 3.05) is 27.3 Å². The zero-order chi connectivity index (χ0) is 12.0. The van der Waals surface area contributed by atoms with E-state index in [9.17, 15) is 4.39 Å². The molecule has 0 bridgehead atoms. The molecule has 16 heavy (non-hydrogen) atoms. The molecule has 0 saturated heterocycles. The minimum absolute atomic E-state index is 0.171. The molecule has 1 N–H and O–H groups in total. The Morgan fingerprint density at radius 3 is 2.81 bits per heavy atom. The van der Waals surface area contributed by atoms with Gasteiger partial charge >= 0.3 is 0 Å². The van der Waals surface area contributed by atoms with Gasteiger partial charge in [-0.1, -0.05) is 0 Å². The SMILES string of the molecule is COc1ccc(F)cc1CN(C)CCCO. The van der Waals surface area contributed by atoms with Crippen molar-refractivity contribution in [3.8, 4) is 5.75 Å². The molecule has 0 fully saturated rings. The van der Waals surface area contributed by atoms with Gasteiger partial charge in [0.1, 0.15) is 11.6 Å². The van der Waals surface area contributed by atoms with Gasteiger partial charge in [-0.05, 0) is 31.7 Å². The second-order valence-corrected chi connectivity index (χ2v) is 3.77. The number of aliphatic hydroxyl groups is 1. The number of hydrogen-bond donors (Lipinski definition) is 1. The number of rotatable bonds is 6. The maximum absolute atomic E-state index is 13.1. The van der Waals surface area contributed by atoms with Gasteiger partial charge in [0.15, 0.2) is 0 Å². The maximum atomic E-state index is 13.1. The van der Waals surface area contributed by atoms with Crippen molar-refractivity contribution in [3.05, 3.63) is 29.6 Å². The highest BCUT2D eigenvalue weighted by Gasteiger charge is 2.07. The highest BCUT2D eigenvalue weighted by molar-refractivity contribution is 5.33. The highest BCUT2D eigenvalue weighted by Crippen LogP contribution is 2.20. The Labute approximate surface area is 95.5 Å². The molecular formula is C12H18FNO2. The van der Waals surface area contributed by atoms with Crippen molar-refractivity contribution in [2.24, 2.45) is 0 Å². The normalized spacial score (nSPS) is 10.8. The number of benzene rings is 1. The van der Waals surface area contributed by atoms with Crippen molar-refractivity contribution in [1.82, 2.24) is 4.90 Å². The van der Waals surface area contributed by atoms with Crippen LogP contribution in [0, 0.1) is 5.82 Å². The summed E-state index contributed by atoms with van der Waals surface area (Å²) in [4.78, 5) is 2.02. The lowest BCUT2D eigenvalue weighted by Crippen LogP contribution is -2.20. The standard InChI is InChI=1S/C12H18FNO2/c1-14(6-3-7-15)9-10-8-11(13)4-5-12(10)16-2/h4-5,8,15H,3,6-7,9H2,1-2H3. The molecule has 0 saturated carbocycles. The lowest BCUT2D eigenvalue weighted by atomic mass is 10.2. The van der Waals surface area contributed by atoms with Crippen LogP contribution in [0.1, 0.15) is 12.0 Å². The van der Waals surface area contributed by atoms with Crippen molar-refractivity contribution >= 4 is 0 Å². The Kier molecular flexibility index (Phi) is 5.22. The van der Waals surface area contributed by atoms with Crippen molar-refractivity contribution < 1.29 is 14.2 Å². The Hall–Kier alpha value is -1.13. The summed E-state index contributed by atoms with van der Waals surface area (Å²) in [5.41, 5.74) is 0.822. The minimum atomic E-state index is -0.258. The van der Waals surface area contributed by atoms with Gasteiger partial charge in [-0.25, -0.2) is 4.39 Å². The van der Waals surface area contributed by atoms with Crippen LogP contribution in [0.5, 0.6) is 5.75 Å². The molecule has 4 heteroatoms. The summed E-state index contributed by atoms with van der Waals surface area (Å²) >= 11 is 0. The van der Waals surface area contributed by atoms with Crippen molar-refractivity contribution in [3.63, 3.8) is 0 Å². The summed E-state index contributed by atoms with van der Waals surface area (Å²) in [6.07, 6.45) is 0.716. The molecule has 1 rings (SSSR count). The molecule has 0 aliphatic carbocycles. The topological polar surface area (TPSA) is 32.7 Å². The fourth-order valence-electron chi connectivity index (χ4n) is 1.58. The Morgan fingerprint density at radius 1 is 1.44 bits per heavy atom. The summed E-state index contributed by atoms with van der Waals surface area (Å²) in [5, 5.41) is 8.71. The van der Waals surface area contributed by atoms with E-state index in [-0.39, 0.29) is 12.4 Å². The molecule has 0 aliphatic rings. The molecule has 0 radical (unpaired) electrons. The summed E-state index contributed by atoms with van der Waals surface area (Å²) in [7, 11) is 3.50. The van der Waals surface area contributed by atoms with Gasteiger partial charge in [0.05, 0.1) is 7.11 Å². The van der Waals surface area contributed by atoms with E-state index < -0.39 is 0 Å². The molecule has 1 aromatic rings. The fourth-order valence-corrected chi connectivity index (χ4v) is 1.58. The van der Waals surface area contributed by atoms with Gasteiger partial charge < -0.3 is 14.7 Å². The molecule has 0 aliphatic heterocycles. The van der Waals surface area contributed by atoms with E-state index in [0.29, 0.717) is 18.7 Å². The first-order valence-corrected chi connectivity index (χ1v) is 5.29. The lowest BCUT2D eigenvalue weighted by Gasteiger charge is -2.17. The molecule has 0 atom stereocenters. The average molecular weight is 227 g/mol. The van der Waals surface area contributed by atoms with E-state index in [1.165, 1.54) is 12.1 Å². The van der Waals surface area contributed by atoms with Gasteiger partial charge in [0.25, 0.3) is 0 Å². The van der Waals surface area contributed by atoms with Crippen LogP contribution in [0.4, 0.5) is 4.39 Å². The van der Waals surface area contributed by atoms with Crippen LogP contribution in [-0.2, 0) is 6.54 Å². The Bertz CT molecular complexity index is 331. The van der Waals surface area contributed by atoms with Crippen molar-refractivity contribution in [2.45, 2.75) is 13.0 Å². The van der Waals surface area contributed by atoms with E-state index in [4.69, 9.17) is 9.84 Å². The second-order valence-electron chi connectivity index (χ2n) is 3.77. The molecule has 90 valence electrons. The third-order valence-corrected chi connectivity index (χ3v) is 2.38. The van der Waals surface area contributed by atoms with Crippen molar-refractivity contribution in [1.29, 1.82) is 0 Å². The third-order valence-electron chi connectivity index (χ3n) is 2.38.